The molecular formula is C17H14FN3OS2. The van der Waals surface area contributed by atoms with Gasteiger partial charge in [0.1, 0.15) is 16.9 Å². The molecule has 2 N–H and O–H groups in total. The van der Waals surface area contributed by atoms with Gasteiger partial charge in [0.15, 0.2) is 5.11 Å². The Morgan fingerprint density at radius 1 is 1.33 bits per heavy atom. The number of aryl methyl sites for hydroxylation is 1. The number of nitrogens with zero attached hydrogens (tertiary/aromatic N) is 1. The van der Waals surface area contributed by atoms with E-state index in [2.05, 4.69) is 16.7 Å². The van der Waals surface area contributed by atoms with Gasteiger partial charge in [0.25, 0.3) is 5.91 Å². The molecule has 0 bridgehead atoms. The average Bonchev–Trinajstić information content (AvgIpc) is 2.91. The number of nitriles is 1. The predicted octanol–water partition coefficient (Wildman–Crippen LogP) is 3.76. The van der Waals surface area contributed by atoms with Gasteiger partial charge in [0, 0.05) is 10.4 Å². The molecule has 24 heavy (non-hydrogen) atoms. The third-order valence-corrected chi connectivity index (χ3v) is 5.24. The molecule has 0 fully saturated rings. The van der Waals surface area contributed by atoms with Crippen LogP contribution in [0.5, 0.6) is 0 Å². The molecule has 1 aliphatic rings. The number of fused-ring (bicyclic) bond motifs is 1. The van der Waals surface area contributed by atoms with Gasteiger partial charge in [0.2, 0.25) is 0 Å². The summed E-state index contributed by atoms with van der Waals surface area (Å²) >= 11 is 6.66. The van der Waals surface area contributed by atoms with Crippen molar-refractivity contribution in [2.75, 3.05) is 5.32 Å². The van der Waals surface area contributed by atoms with Crippen LogP contribution in [0.3, 0.4) is 0 Å². The second-order valence-corrected chi connectivity index (χ2v) is 6.96. The third-order valence-electron chi connectivity index (χ3n) is 3.82. The Bertz CT molecular complexity index is 854. The molecule has 0 aliphatic heterocycles. The molecule has 0 saturated heterocycles. The summed E-state index contributed by atoms with van der Waals surface area (Å²) in [6.07, 6.45) is 4.08. The van der Waals surface area contributed by atoms with Gasteiger partial charge in [-0.25, -0.2) is 4.39 Å². The van der Waals surface area contributed by atoms with Crippen LogP contribution in [0, 0.1) is 17.1 Å². The van der Waals surface area contributed by atoms with E-state index in [1.54, 1.807) is 0 Å². The SMILES string of the molecule is N#Cc1c(NC(=S)NC(=O)c2cccc(F)c2)sc2c1CCCC2. The number of carbonyl (C=O) groups excluding carboxylic acids is 1. The fourth-order valence-electron chi connectivity index (χ4n) is 2.71. The normalized spacial score (nSPS) is 12.8. The molecule has 3 rings (SSSR count). The lowest BCUT2D eigenvalue weighted by Crippen LogP contribution is -2.34. The zero-order valence-corrected chi connectivity index (χ0v) is 14.3. The maximum absolute atomic E-state index is 13.2. The summed E-state index contributed by atoms with van der Waals surface area (Å²) in [6.45, 7) is 0. The summed E-state index contributed by atoms with van der Waals surface area (Å²) < 4.78 is 13.2. The smallest absolute Gasteiger partial charge is 0.257 e. The number of halogens is 1. The number of amides is 1. The molecule has 1 amide bonds. The van der Waals surface area contributed by atoms with Gasteiger partial charge in [-0.3, -0.25) is 10.1 Å². The van der Waals surface area contributed by atoms with E-state index in [4.69, 9.17) is 12.2 Å². The second-order valence-electron chi connectivity index (χ2n) is 5.45. The number of hydrogen-bond donors (Lipinski definition) is 2. The molecule has 0 spiro atoms. The summed E-state index contributed by atoms with van der Waals surface area (Å²) in [4.78, 5) is 13.3. The first-order chi connectivity index (χ1) is 11.6. The third kappa shape index (κ3) is 3.45. The average molecular weight is 359 g/mol. The van der Waals surface area contributed by atoms with Crippen molar-refractivity contribution in [1.29, 1.82) is 5.26 Å². The van der Waals surface area contributed by atoms with E-state index in [1.165, 1.54) is 34.4 Å². The van der Waals surface area contributed by atoms with Gasteiger partial charge in [-0.2, -0.15) is 5.26 Å². The molecule has 2 aromatic rings. The minimum Gasteiger partial charge on any atom is -0.323 e. The fraction of sp³-hybridized carbons (Fsp3) is 0.235. The zero-order chi connectivity index (χ0) is 17.1. The van der Waals surface area contributed by atoms with E-state index >= 15 is 0 Å². The van der Waals surface area contributed by atoms with Gasteiger partial charge in [-0.05, 0) is 61.7 Å². The molecule has 1 aromatic carbocycles. The number of hydrogen-bond acceptors (Lipinski definition) is 4. The van der Waals surface area contributed by atoms with Gasteiger partial charge in [-0.1, -0.05) is 6.07 Å². The first-order valence-corrected chi connectivity index (χ1v) is 8.73. The van der Waals surface area contributed by atoms with E-state index in [9.17, 15) is 14.4 Å². The Morgan fingerprint density at radius 3 is 2.88 bits per heavy atom. The van der Waals surface area contributed by atoms with Crippen LogP contribution < -0.4 is 10.6 Å². The van der Waals surface area contributed by atoms with Crippen LogP contribution in [-0.2, 0) is 12.8 Å². The van der Waals surface area contributed by atoms with Crippen molar-refractivity contribution in [3.63, 3.8) is 0 Å². The van der Waals surface area contributed by atoms with Crippen LogP contribution in [0.1, 0.15) is 39.2 Å². The summed E-state index contributed by atoms with van der Waals surface area (Å²) in [5, 5.41) is 15.6. The van der Waals surface area contributed by atoms with Crippen LogP contribution >= 0.6 is 23.6 Å². The highest BCUT2D eigenvalue weighted by molar-refractivity contribution is 7.80. The van der Waals surface area contributed by atoms with Crippen LogP contribution in [0.2, 0.25) is 0 Å². The van der Waals surface area contributed by atoms with E-state index in [-0.39, 0.29) is 10.7 Å². The highest BCUT2D eigenvalue weighted by atomic mass is 32.1. The molecular weight excluding hydrogens is 345 g/mol. The van der Waals surface area contributed by atoms with Crippen molar-refractivity contribution < 1.29 is 9.18 Å². The summed E-state index contributed by atoms with van der Waals surface area (Å²) in [5.74, 6) is -0.981. The van der Waals surface area contributed by atoms with E-state index in [0.717, 1.165) is 37.3 Å². The number of carbonyl (C=O) groups is 1. The van der Waals surface area contributed by atoms with Crippen LogP contribution in [0.4, 0.5) is 9.39 Å². The molecule has 4 nitrogen and oxygen atoms in total. The van der Waals surface area contributed by atoms with Crippen LogP contribution in [0.25, 0.3) is 0 Å². The highest BCUT2D eigenvalue weighted by Crippen LogP contribution is 2.37. The summed E-state index contributed by atoms with van der Waals surface area (Å²) in [5.41, 5.74) is 1.89. The quantitative estimate of drug-likeness (QED) is 0.801. The number of rotatable bonds is 2. The standard InChI is InChI=1S/C17H14FN3OS2/c18-11-5-3-4-10(8-11)15(22)20-17(23)21-16-13(9-19)12-6-1-2-7-14(12)24-16/h3-5,8H,1-2,6-7H2,(H2,20,21,22,23). The molecule has 0 radical (unpaired) electrons. The largest absolute Gasteiger partial charge is 0.323 e. The first kappa shape index (κ1) is 16.6. The molecule has 0 unspecified atom stereocenters. The Balaban J connectivity index is 1.72. The van der Waals surface area contributed by atoms with Crippen LogP contribution in [-0.4, -0.2) is 11.0 Å². The number of benzene rings is 1. The second kappa shape index (κ2) is 7.07. The topological polar surface area (TPSA) is 64.9 Å². The molecule has 122 valence electrons. The van der Waals surface area contributed by atoms with E-state index in [0.29, 0.717) is 10.6 Å². The van der Waals surface area contributed by atoms with Crippen molar-refractivity contribution in [1.82, 2.24) is 5.32 Å². The Morgan fingerprint density at radius 2 is 2.12 bits per heavy atom. The number of thiophene rings is 1. The van der Waals surface area contributed by atoms with Crippen molar-refractivity contribution in [3.05, 3.63) is 51.7 Å². The number of anilines is 1. The Labute approximate surface area is 148 Å². The Kier molecular flexibility index (Phi) is 4.88. The number of nitrogens with one attached hydrogen (secondary N) is 2. The molecule has 1 aliphatic carbocycles. The summed E-state index contributed by atoms with van der Waals surface area (Å²) in [7, 11) is 0. The Hall–Kier alpha value is -2.30. The number of thiocarbonyl (C=S) groups is 1. The fourth-order valence-corrected chi connectivity index (χ4v) is 4.22. The monoisotopic (exact) mass is 359 g/mol. The molecule has 1 heterocycles. The highest BCUT2D eigenvalue weighted by Gasteiger charge is 2.21. The lowest BCUT2D eigenvalue weighted by molar-refractivity contribution is 0.0977. The minimum absolute atomic E-state index is 0.0966. The molecule has 1 aromatic heterocycles. The maximum atomic E-state index is 13.2. The lowest BCUT2D eigenvalue weighted by Gasteiger charge is -2.10. The van der Waals surface area contributed by atoms with E-state index in [1.807, 2.05) is 0 Å². The molecule has 7 heteroatoms. The van der Waals surface area contributed by atoms with Crippen molar-refractivity contribution in [3.8, 4) is 6.07 Å². The lowest BCUT2D eigenvalue weighted by atomic mass is 9.96. The van der Waals surface area contributed by atoms with Crippen molar-refractivity contribution >= 4 is 39.6 Å². The zero-order valence-electron chi connectivity index (χ0n) is 12.7. The van der Waals surface area contributed by atoms with Gasteiger partial charge >= 0.3 is 0 Å². The molecule has 0 atom stereocenters. The minimum atomic E-state index is -0.494. The van der Waals surface area contributed by atoms with E-state index < -0.39 is 11.7 Å². The van der Waals surface area contributed by atoms with Gasteiger partial charge < -0.3 is 5.32 Å². The maximum Gasteiger partial charge on any atom is 0.257 e. The predicted molar refractivity (Wildman–Crippen MR) is 95.8 cm³/mol. The molecule has 0 saturated carbocycles. The summed E-state index contributed by atoms with van der Waals surface area (Å²) in [6, 6.07) is 7.60. The van der Waals surface area contributed by atoms with Crippen molar-refractivity contribution in [2.45, 2.75) is 25.7 Å². The van der Waals surface area contributed by atoms with Crippen LogP contribution in [0.15, 0.2) is 24.3 Å². The van der Waals surface area contributed by atoms with Gasteiger partial charge in [0.05, 0.1) is 5.56 Å². The van der Waals surface area contributed by atoms with Crippen molar-refractivity contribution in [2.24, 2.45) is 0 Å². The van der Waals surface area contributed by atoms with Gasteiger partial charge in [-0.15, -0.1) is 11.3 Å². The first-order valence-electron chi connectivity index (χ1n) is 7.51.